The van der Waals surface area contributed by atoms with E-state index in [1.54, 1.807) is 65.3 Å². The Morgan fingerprint density at radius 2 is 1.61 bits per heavy atom. The molecule has 3 aromatic rings. The molecular weight excluding hydrogens is 764 g/mol. The fourth-order valence-electron chi connectivity index (χ4n) is 8.27. The first kappa shape index (κ1) is 44.7. The van der Waals surface area contributed by atoms with Gasteiger partial charge in [-0.05, 0) is 33.8 Å². The molecule has 1 amide bonds. The summed E-state index contributed by atoms with van der Waals surface area (Å²) in [5, 5.41) is 49.4. The molecule has 0 aliphatic carbocycles. The number of aromatic hydroxyl groups is 2. The monoisotopic (exact) mass is 820 g/mol. The minimum absolute atomic E-state index is 0.0159. The van der Waals surface area contributed by atoms with Crippen LogP contribution >= 0.6 is 0 Å². The maximum atomic E-state index is 14.7. The summed E-state index contributed by atoms with van der Waals surface area (Å²) >= 11 is 0. The predicted octanol–water partition coefficient (Wildman–Crippen LogP) is 6.03. The van der Waals surface area contributed by atoms with E-state index in [1.807, 2.05) is 0 Å². The van der Waals surface area contributed by atoms with Gasteiger partial charge in [-0.1, -0.05) is 45.9 Å². The van der Waals surface area contributed by atoms with Crippen molar-refractivity contribution < 1.29 is 63.3 Å². The summed E-state index contributed by atoms with van der Waals surface area (Å²) in [6, 6.07) is 0. The van der Waals surface area contributed by atoms with Gasteiger partial charge in [0.05, 0.1) is 58.9 Å². The van der Waals surface area contributed by atoms with Crippen molar-refractivity contribution in [3.63, 3.8) is 0 Å². The molecule has 0 spiro atoms. The number of aliphatic hydroxyl groups is 2. The lowest BCUT2D eigenvalue weighted by atomic mass is 9.78. The first-order valence-electron chi connectivity index (χ1n) is 19.7. The minimum Gasteiger partial charge on any atom is -0.507 e. The van der Waals surface area contributed by atoms with Gasteiger partial charge in [0.15, 0.2) is 5.75 Å². The SMILES string of the molecule is CCOC(=O)c1c(C)n(C)c2c1c1c(O)c3c(O)c(C)c4c(c32)C(=O)C(C)(O/C=C/C(OC)C(C)C(OC(C)=O)C(C)C(O)C(C)C(O)C(C)/C=C\C=C(C)C(=O)N1)O4. The molecular formula is C44H56N2O13. The highest BCUT2D eigenvalue weighted by atomic mass is 16.7. The molecule has 0 saturated heterocycles. The van der Waals surface area contributed by atoms with Crippen LogP contribution in [0.2, 0.25) is 0 Å². The number of aromatic nitrogens is 1. The number of hydrogen-bond acceptors (Lipinski definition) is 13. The zero-order valence-corrected chi connectivity index (χ0v) is 35.6. The number of phenols is 2. The van der Waals surface area contributed by atoms with Crippen molar-refractivity contribution in [1.29, 1.82) is 0 Å². The maximum Gasteiger partial charge on any atom is 0.340 e. The molecule has 2 aromatic carbocycles. The fraction of sp³-hybridized carbons (Fsp3) is 0.500. The highest BCUT2D eigenvalue weighted by Crippen LogP contribution is 2.55. The van der Waals surface area contributed by atoms with Crippen LogP contribution in [0.4, 0.5) is 5.69 Å². The van der Waals surface area contributed by atoms with Gasteiger partial charge in [-0.25, -0.2) is 4.79 Å². The number of rotatable bonds is 4. The molecule has 5 rings (SSSR count). The number of nitrogens with one attached hydrogen (secondary N) is 1. The number of nitrogens with zero attached hydrogens (tertiary/aromatic N) is 1. The van der Waals surface area contributed by atoms with Gasteiger partial charge < -0.3 is 54.0 Å². The van der Waals surface area contributed by atoms with E-state index in [4.69, 9.17) is 23.7 Å². The molecule has 3 heterocycles. The van der Waals surface area contributed by atoms with Crippen LogP contribution < -0.4 is 10.1 Å². The number of allylic oxidation sites excluding steroid dienone is 2. The fourth-order valence-corrected chi connectivity index (χ4v) is 8.27. The Morgan fingerprint density at radius 1 is 0.949 bits per heavy atom. The standard InChI is InChI=1S/C44H56N2O13/c1-13-56-43(54)28-25(8)46(11)34-29-31-37(50)24(7)40-32(29)41(52)44(10,59-40)57-18-17-27(55-12)21(4)39(58-26(9)47)23(6)36(49)22(5)35(48)19(2)15-14-16-20(3)42(53)45-33(30(28)34)38(31)51/h14-19,21-23,27,35-36,39,48-51H,13H2,1-12H3,(H,45,53)/b15-14-,18-17+,20-16?. The summed E-state index contributed by atoms with van der Waals surface area (Å²) in [7, 11) is 3.08. The number of phenolic OH excluding ortho intramolecular Hbond substituents is 2. The van der Waals surface area contributed by atoms with Gasteiger partial charge in [0.25, 0.3) is 11.7 Å². The number of amides is 1. The zero-order valence-electron chi connectivity index (χ0n) is 35.6. The van der Waals surface area contributed by atoms with Crippen molar-refractivity contribution >= 4 is 51.0 Å². The number of carbonyl (C=O) groups excluding carboxylic acids is 4. The van der Waals surface area contributed by atoms with Crippen molar-refractivity contribution in [1.82, 2.24) is 4.57 Å². The largest absolute Gasteiger partial charge is 0.507 e. The summed E-state index contributed by atoms with van der Waals surface area (Å²) < 4.78 is 30.9. The number of esters is 2. The number of ether oxygens (including phenoxy) is 5. The number of ketones is 1. The first-order valence-corrected chi connectivity index (χ1v) is 19.7. The third-order valence-corrected chi connectivity index (χ3v) is 11.9. The van der Waals surface area contributed by atoms with Crippen LogP contribution in [0.1, 0.15) is 87.4 Å². The summed E-state index contributed by atoms with van der Waals surface area (Å²) in [4.78, 5) is 54.6. The second kappa shape index (κ2) is 17.1. The Kier molecular flexibility index (Phi) is 12.9. The Morgan fingerprint density at radius 3 is 2.22 bits per heavy atom. The van der Waals surface area contributed by atoms with Crippen molar-refractivity contribution in [2.45, 2.75) is 99.4 Å². The van der Waals surface area contributed by atoms with Gasteiger partial charge in [-0.3, -0.25) is 14.4 Å². The number of Topliss-reactive ketones (excluding diaryl/α,β-unsaturated/α-hetero) is 1. The highest BCUT2D eigenvalue weighted by Gasteiger charge is 2.50. The lowest BCUT2D eigenvalue weighted by molar-refractivity contribution is -0.160. The average Bonchev–Trinajstić information content (AvgIpc) is 3.61. The molecule has 2 aliphatic heterocycles. The summed E-state index contributed by atoms with van der Waals surface area (Å²) in [6.07, 6.45) is 3.59. The highest BCUT2D eigenvalue weighted by molar-refractivity contribution is 6.31. The Hall–Kier alpha value is -5.38. The number of methoxy groups -OCH3 is 1. The van der Waals surface area contributed by atoms with Crippen LogP contribution in [-0.2, 0) is 35.6 Å². The Balaban J connectivity index is 1.81. The molecule has 0 fully saturated rings. The lowest BCUT2D eigenvalue weighted by Crippen LogP contribution is -2.46. The average molecular weight is 821 g/mol. The normalized spacial score (nSPS) is 29.2. The number of aryl methyl sites for hydroxylation is 1. The number of anilines is 1. The van der Waals surface area contributed by atoms with E-state index < -0.39 is 89.0 Å². The summed E-state index contributed by atoms with van der Waals surface area (Å²) in [5.74, 6) is -8.29. The van der Waals surface area contributed by atoms with Crippen molar-refractivity contribution in [2.24, 2.45) is 30.7 Å². The van der Waals surface area contributed by atoms with Crippen LogP contribution in [0.15, 0.2) is 36.1 Å². The van der Waals surface area contributed by atoms with Crippen LogP contribution in [-0.4, -0.2) is 92.5 Å². The molecule has 1 aromatic heterocycles. The quantitative estimate of drug-likeness (QED) is 0.151. The first-order chi connectivity index (χ1) is 27.6. The van der Waals surface area contributed by atoms with Gasteiger partial charge in [0.1, 0.15) is 17.6 Å². The van der Waals surface area contributed by atoms with E-state index in [2.05, 4.69) is 5.32 Å². The van der Waals surface area contributed by atoms with Crippen LogP contribution in [0, 0.1) is 37.5 Å². The molecule has 2 aliphatic rings. The van der Waals surface area contributed by atoms with Crippen LogP contribution in [0.3, 0.4) is 0 Å². The molecule has 9 unspecified atom stereocenters. The van der Waals surface area contributed by atoms with Crippen molar-refractivity contribution in [3.8, 4) is 17.2 Å². The van der Waals surface area contributed by atoms with Crippen LogP contribution in [0.5, 0.6) is 17.2 Å². The smallest absolute Gasteiger partial charge is 0.340 e. The zero-order chi connectivity index (χ0) is 44.0. The number of aliphatic hydroxyl groups excluding tert-OH is 2. The Bertz CT molecular complexity index is 2290. The molecule has 9 atom stereocenters. The number of benzene rings is 2. The second-order valence-electron chi connectivity index (χ2n) is 15.8. The van der Waals surface area contributed by atoms with Crippen molar-refractivity contribution in [2.75, 3.05) is 19.0 Å². The molecule has 0 radical (unpaired) electrons. The summed E-state index contributed by atoms with van der Waals surface area (Å²) in [6.45, 7) is 15.9. The van der Waals surface area contributed by atoms with Gasteiger partial charge in [0.2, 0.25) is 0 Å². The van der Waals surface area contributed by atoms with E-state index >= 15 is 0 Å². The van der Waals surface area contributed by atoms with E-state index in [1.165, 1.54) is 53.2 Å². The maximum absolute atomic E-state index is 14.7. The van der Waals surface area contributed by atoms with E-state index in [0.29, 0.717) is 5.69 Å². The minimum atomic E-state index is -2.02. The topological polar surface area (TPSA) is 212 Å². The van der Waals surface area contributed by atoms with Gasteiger partial charge in [-0.15, -0.1) is 0 Å². The number of carbonyl (C=O) groups is 4. The predicted molar refractivity (Wildman–Crippen MR) is 219 cm³/mol. The molecule has 5 N–H and O–H groups in total. The second-order valence-corrected chi connectivity index (χ2v) is 15.8. The molecule has 59 heavy (non-hydrogen) atoms. The third-order valence-electron chi connectivity index (χ3n) is 11.9. The number of hydrogen-bond donors (Lipinski definition) is 5. The molecule has 0 saturated carbocycles. The molecule has 320 valence electrons. The number of fused-ring (bicyclic) bond motifs is 1. The lowest BCUT2D eigenvalue weighted by Gasteiger charge is -2.38. The summed E-state index contributed by atoms with van der Waals surface area (Å²) in [5.41, 5.74) is 0.624. The van der Waals surface area contributed by atoms with E-state index in [0.717, 1.165) is 0 Å². The van der Waals surface area contributed by atoms with Gasteiger partial charge >= 0.3 is 17.7 Å². The molecule has 4 bridgehead atoms. The Labute approximate surface area is 343 Å². The molecule has 15 nitrogen and oxygen atoms in total. The van der Waals surface area contributed by atoms with Gasteiger partial charge in [-0.2, -0.15) is 0 Å². The molecule has 15 heteroatoms. The van der Waals surface area contributed by atoms with E-state index in [-0.39, 0.29) is 62.0 Å². The van der Waals surface area contributed by atoms with Crippen LogP contribution in [0.25, 0.3) is 21.7 Å². The van der Waals surface area contributed by atoms with E-state index in [9.17, 15) is 39.6 Å². The van der Waals surface area contributed by atoms with Crippen molar-refractivity contribution in [3.05, 3.63) is 58.5 Å². The third kappa shape index (κ3) is 7.78. The van der Waals surface area contributed by atoms with Gasteiger partial charge in [0, 0.05) is 79.3 Å².